The Morgan fingerprint density at radius 1 is 0.585 bits per heavy atom. The largest absolute Gasteiger partial charge is 2.00 e. The van der Waals surface area contributed by atoms with Crippen LogP contribution in [0.1, 0.15) is 106 Å². The number of alkyl halides is 1. The Bertz CT molecular complexity index is 1800. The van der Waals surface area contributed by atoms with Gasteiger partial charge in [0, 0.05) is 72.3 Å². The van der Waals surface area contributed by atoms with E-state index in [1.807, 2.05) is 46.8 Å². The molecule has 65 heavy (non-hydrogen) atoms. The molecule has 3 N–H and O–H groups in total. The molecule has 0 saturated carbocycles. The number of hydrogen-bond acceptors (Lipinski definition) is 13. The molecular formula is C46H67BBr4MgO13. The third-order valence-corrected chi connectivity index (χ3v) is 7.60. The molecule has 13 nitrogen and oxygen atoms in total. The van der Waals surface area contributed by atoms with Crippen LogP contribution < -0.4 is 28.4 Å². The number of aromatic hydroxyl groups is 2. The number of methoxy groups -OCH3 is 6. The molecule has 0 aliphatic carbocycles. The predicted octanol–water partition coefficient (Wildman–Crippen LogP) is 12.1. The van der Waals surface area contributed by atoms with Gasteiger partial charge in [0.05, 0.1) is 48.8 Å². The van der Waals surface area contributed by atoms with Gasteiger partial charge in [-0.15, -0.1) is 47.3 Å². The number of carbonyl (C=O) groups is 3. The number of rotatable bonds is 15. The van der Waals surface area contributed by atoms with Crippen LogP contribution in [-0.4, -0.2) is 121 Å². The first-order chi connectivity index (χ1) is 30.4. The van der Waals surface area contributed by atoms with Gasteiger partial charge in [-0.2, -0.15) is 0 Å². The zero-order valence-electron chi connectivity index (χ0n) is 41.5. The topological polar surface area (TPSA) is 177 Å². The maximum absolute atomic E-state index is 11.4. The van der Waals surface area contributed by atoms with Crippen molar-refractivity contribution in [1.29, 1.82) is 0 Å². The minimum Gasteiger partial charge on any atom is -1.00 e. The van der Waals surface area contributed by atoms with Crippen LogP contribution in [0.25, 0.3) is 0 Å². The normalized spacial score (nSPS) is 9.55. The number of hydrogen-bond donors (Lipinski definition) is 3. The smallest absolute Gasteiger partial charge is 1.00 e. The first-order valence-corrected chi connectivity index (χ1v) is 23.8. The first-order valence-electron chi connectivity index (χ1n) is 19.9. The Kier molecular flexibility index (Phi) is 45.9. The fourth-order valence-corrected chi connectivity index (χ4v) is 4.49. The summed E-state index contributed by atoms with van der Waals surface area (Å²) in [7, 11) is 9.41. The summed E-state index contributed by atoms with van der Waals surface area (Å²) < 4.78 is 35.3. The average Bonchev–Trinajstić information content (AvgIpc) is 3.30. The van der Waals surface area contributed by atoms with Gasteiger partial charge in [0.1, 0.15) is 52.3 Å². The number of aldehydes is 1. The van der Waals surface area contributed by atoms with Crippen molar-refractivity contribution in [3.05, 3.63) is 95.1 Å². The van der Waals surface area contributed by atoms with Crippen molar-refractivity contribution in [2.24, 2.45) is 0 Å². The summed E-state index contributed by atoms with van der Waals surface area (Å²) in [5, 5.41) is 28.8. The van der Waals surface area contributed by atoms with Crippen molar-refractivity contribution in [2.45, 2.75) is 66.9 Å². The maximum Gasteiger partial charge on any atom is 2.00 e. The number of phenols is 2. The Balaban J connectivity index is -0.000000169. The van der Waals surface area contributed by atoms with Crippen LogP contribution in [0.5, 0.6) is 46.0 Å². The number of ether oxygens (including phenoxy) is 7. The molecule has 4 aromatic rings. The third kappa shape index (κ3) is 34.0. The molecule has 1 unspecified atom stereocenters. The number of benzene rings is 4. The second-order valence-electron chi connectivity index (χ2n) is 12.0. The van der Waals surface area contributed by atoms with Gasteiger partial charge in [-0.3, -0.25) is 14.4 Å². The Morgan fingerprint density at radius 3 is 1.12 bits per heavy atom. The van der Waals surface area contributed by atoms with Gasteiger partial charge >= 0.3 is 26.2 Å². The maximum atomic E-state index is 11.4. The number of phenolic OH excluding ortho intramolecular Hbond substituents is 2. The second kappa shape index (κ2) is 43.5. The SMILES string of the molecule is BrB(Br)Br.CCBr.CCC(=O)c1cc(O)cc(O)c1.CCC(=O)c1cc(OC)cc(OC)c1.CCC(O)c1cc(OC)cc(OC)c1.CCOCC.COc1cc(C=O)cc(OC)c1.[H-].[H-].[Mg+2]. The zero-order chi connectivity index (χ0) is 49.6. The van der Waals surface area contributed by atoms with Gasteiger partial charge in [0.2, 0.25) is 0 Å². The molecule has 0 radical (unpaired) electrons. The zero-order valence-corrected chi connectivity index (χ0v) is 47.3. The minimum absolute atomic E-state index is 0. The number of Topliss-reactive ketones (excluding diaryl/α,β-unsaturated/α-hetero) is 2. The molecule has 4 rings (SSSR count). The molecule has 0 aliphatic heterocycles. The van der Waals surface area contributed by atoms with Crippen molar-refractivity contribution < 1.29 is 65.7 Å². The first kappa shape index (κ1) is 68.5. The molecule has 362 valence electrons. The monoisotopic (exact) mass is 1180 g/mol. The van der Waals surface area contributed by atoms with Gasteiger partial charge in [0.15, 0.2) is 11.6 Å². The molecule has 0 aliphatic rings. The van der Waals surface area contributed by atoms with E-state index in [1.54, 1.807) is 92.0 Å². The average molecular weight is 1180 g/mol. The summed E-state index contributed by atoms with van der Waals surface area (Å²) in [5.74, 6) is 3.73. The molecule has 0 spiro atoms. The van der Waals surface area contributed by atoms with Gasteiger partial charge < -0.3 is 51.3 Å². The van der Waals surface area contributed by atoms with E-state index in [-0.39, 0.29) is 52.2 Å². The fraction of sp³-hybridized carbons (Fsp3) is 0.413. The van der Waals surface area contributed by atoms with Gasteiger partial charge in [-0.25, -0.2) is 0 Å². The summed E-state index contributed by atoms with van der Waals surface area (Å²) in [6.07, 6.45) is 1.82. The fourth-order valence-electron chi connectivity index (χ4n) is 4.49. The van der Waals surface area contributed by atoms with Crippen LogP contribution in [0.3, 0.4) is 0 Å². The van der Waals surface area contributed by atoms with Gasteiger partial charge in [0.25, 0.3) is 0 Å². The summed E-state index contributed by atoms with van der Waals surface area (Å²) in [6.45, 7) is 13.2. The van der Waals surface area contributed by atoms with Gasteiger partial charge in [-0.1, -0.05) is 43.6 Å². The van der Waals surface area contributed by atoms with E-state index < -0.39 is 6.10 Å². The van der Waals surface area contributed by atoms with Crippen molar-refractivity contribution in [1.82, 2.24) is 0 Å². The van der Waals surface area contributed by atoms with Crippen molar-refractivity contribution in [2.75, 3.05) is 61.2 Å². The van der Waals surface area contributed by atoms with Crippen molar-refractivity contribution in [3.63, 3.8) is 0 Å². The van der Waals surface area contributed by atoms with Crippen molar-refractivity contribution >= 4 is 107 Å². The Labute approximate surface area is 438 Å². The van der Waals surface area contributed by atoms with Gasteiger partial charge in [-0.05, 0) is 74.4 Å². The van der Waals surface area contributed by atoms with E-state index in [0.717, 1.165) is 30.4 Å². The summed E-state index contributed by atoms with van der Waals surface area (Å²) in [4.78, 5) is 33.0. The summed E-state index contributed by atoms with van der Waals surface area (Å²) >= 11 is 12.5. The van der Waals surface area contributed by atoms with Crippen LogP contribution >= 0.6 is 63.2 Å². The molecule has 0 amide bonds. The molecule has 0 bridgehead atoms. The molecule has 0 aromatic heterocycles. The minimum atomic E-state index is -0.459. The van der Waals surface area contributed by atoms with Crippen LogP contribution in [-0.2, 0) is 4.74 Å². The van der Waals surface area contributed by atoms with Crippen LogP contribution in [0.2, 0.25) is 0 Å². The van der Waals surface area contributed by atoms with E-state index >= 15 is 0 Å². The number of carbonyl (C=O) groups excluding carboxylic acids is 3. The van der Waals surface area contributed by atoms with E-state index in [9.17, 15) is 19.5 Å². The van der Waals surface area contributed by atoms with E-state index in [1.165, 1.54) is 18.2 Å². The Hall–Kier alpha value is -3.04. The second-order valence-corrected chi connectivity index (χ2v) is 19.6. The Morgan fingerprint density at radius 2 is 0.877 bits per heavy atom. The number of ketones is 2. The number of aliphatic hydroxyl groups is 1. The molecule has 0 fully saturated rings. The summed E-state index contributed by atoms with van der Waals surface area (Å²) in [5.41, 5.74) is 2.34. The van der Waals surface area contributed by atoms with E-state index in [2.05, 4.69) is 63.2 Å². The van der Waals surface area contributed by atoms with Crippen LogP contribution in [0.4, 0.5) is 0 Å². The van der Waals surface area contributed by atoms with Crippen LogP contribution in [0, 0.1) is 0 Å². The standard InChI is InChI=1S/C11H16O3.C11H14O3.2C9H10O3.C4H10O.C2H5Br.BBr3.Mg.2H/c2*1-4-11(12)8-5-9(13-2)7-10(6-8)14-3;1-11-8-3-7(6-10)4-9(5-8)12-2;1-2-9(12)6-3-7(10)5-8(11)4-6;1-3-5-4-2;1-2-3;2-1(3)4;;;/h5-7,11-12H,4H2,1-3H3;5-7H,4H2,1-3H3;3-6H,1-2H3;3-5,10-11H,2H2,1H3;3-4H2,1-2H3;2H2,1H3;;;;/q;;;;;;;+2;2*-1. The van der Waals surface area contributed by atoms with Crippen LogP contribution in [0.15, 0.2) is 72.8 Å². The number of aliphatic hydroxyl groups excluding tert-OH is 1. The summed E-state index contributed by atoms with van der Waals surface area (Å²) in [6, 6.07) is 19.5. The molecule has 0 saturated heterocycles. The molecule has 4 aromatic carbocycles. The molecular weight excluding hydrogens is 1120 g/mol. The van der Waals surface area contributed by atoms with Crippen molar-refractivity contribution in [3.8, 4) is 46.0 Å². The third-order valence-electron chi connectivity index (χ3n) is 7.60. The quantitative estimate of drug-likeness (QED) is 0.0444. The van der Waals surface area contributed by atoms with E-state index in [4.69, 9.17) is 43.4 Å². The molecule has 1 atom stereocenters. The molecule has 19 heteroatoms. The molecule has 0 heterocycles. The number of halogens is 4. The predicted molar refractivity (Wildman–Crippen MR) is 280 cm³/mol. The van der Waals surface area contributed by atoms with E-state index in [0.29, 0.717) is 70.4 Å².